The minimum absolute atomic E-state index is 0.0293. The highest BCUT2D eigenvalue weighted by Crippen LogP contribution is 2.20. The van der Waals surface area contributed by atoms with Crippen LogP contribution in [0.15, 0.2) is 65.6 Å². The predicted molar refractivity (Wildman–Crippen MR) is 140 cm³/mol. The van der Waals surface area contributed by atoms with Gasteiger partial charge in [0.05, 0.1) is 22.8 Å². The molecule has 5 nitrogen and oxygen atoms in total. The van der Waals surface area contributed by atoms with Crippen LogP contribution in [0.4, 0.5) is 0 Å². The summed E-state index contributed by atoms with van der Waals surface area (Å²) in [6, 6.07) is 17.8. The topological polar surface area (TPSA) is 43.1 Å². The fraction of sp³-hybridized carbons (Fsp3) is 0.310. The van der Waals surface area contributed by atoms with Crippen molar-refractivity contribution < 1.29 is 0 Å². The molecule has 174 valence electrons. The molecule has 0 aliphatic carbocycles. The normalized spacial score (nSPS) is 11.1. The Morgan fingerprint density at radius 2 is 1.68 bits per heavy atom. The Labute approximate surface area is 201 Å². The first-order chi connectivity index (χ1) is 16.6. The van der Waals surface area contributed by atoms with Gasteiger partial charge in [-0.25, -0.2) is 0 Å². The Kier molecular flexibility index (Phi) is 7.30. The van der Waals surface area contributed by atoms with E-state index in [2.05, 4.69) is 48.7 Å². The Hall–Kier alpha value is -3.62. The molecule has 34 heavy (non-hydrogen) atoms. The maximum Gasteiger partial charge on any atom is 0.264 e. The molecule has 0 aliphatic heterocycles. The first kappa shape index (κ1) is 23.5. The molecular weight excluding hydrogens is 420 g/mol. The molecule has 0 radical (unpaired) electrons. The summed E-state index contributed by atoms with van der Waals surface area (Å²) in [6.07, 6.45) is 3.48. The molecule has 2 aromatic heterocycles. The van der Waals surface area contributed by atoms with E-state index in [1.807, 2.05) is 71.0 Å². The standard InChI is InChI=1S/C29H32N4O/c1-5-25-20-23-13-11-12-22(28(23)29(34)33(25)26-14-9-8-10-15-26)16-17-24-21-30-31(4)27(24)18-19-32(6-2)7-3/h8-15,20-21H,5-7,18-19H2,1-4H3. The molecule has 5 heteroatoms. The first-order valence-electron chi connectivity index (χ1n) is 12.1. The van der Waals surface area contributed by atoms with Gasteiger partial charge in [0.15, 0.2) is 0 Å². The molecule has 0 fully saturated rings. The van der Waals surface area contributed by atoms with Gasteiger partial charge in [0.1, 0.15) is 0 Å². The fourth-order valence-electron chi connectivity index (χ4n) is 4.44. The lowest BCUT2D eigenvalue weighted by atomic mass is 10.0. The highest BCUT2D eigenvalue weighted by Gasteiger charge is 2.13. The molecule has 2 aromatic carbocycles. The second-order valence-electron chi connectivity index (χ2n) is 8.39. The highest BCUT2D eigenvalue weighted by atomic mass is 16.1. The van der Waals surface area contributed by atoms with E-state index >= 15 is 0 Å². The van der Waals surface area contributed by atoms with Crippen LogP contribution in [0.25, 0.3) is 16.5 Å². The predicted octanol–water partition coefficient (Wildman–Crippen LogP) is 4.57. The third-order valence-corrected chi connectivity index (χ3v) is 6.45. The van der Waals surface area contributed by atoms with Gasteiger partial charge in [-0.2, -0.15) is 5.10 Å². The minimum atomic E-state index is -0.0293. The smallest absolute Gasteiger partial charge is 0.264 e. The van der Waals surface area contributed by atoms with Gasteiger partial charge in [0, 0.05) is 37.0 Å². The van der Waals surface area contributed by atoms with Gasteiger partial charge in [-0.3, -0.25) is 14.0 Å². The molecule has 0 unspecified atom stereocenters. The molecule has 0 saturated carbocycles. The van der Waals surface area contributed by atoms with Crippen LogP contribution < -0.4 is 5.56 Å². The van der Waals surface area contributed by atoms with Gasteiger partial charge in [0.25, 0.3) is 5.56 Å². The molecule has 4 aromatic rings. The minimum Gasteiger partial charge on any atom is -0.303 e. The number of nitrogens with zero attached hydrogens (tertiary/aromatic N) is 4. The summed E-state index contributed by atoms with van der Waals surface area (Å²) >= 11 is 0. The van der Waals surface area contributed by atoms with Crippen molar-refractivity contribution in [1.82, 2.24) is 19.2 Å². The van der Waals surface area contributed by atoms with E-state index in [-0.39, 0.29) is 5.56 Å². The number of aryl methyl sites for hydroxylation is 2. The molecule has 0 spiro atoms. The number of hydrogen-bond donors (Lipinski definition) is 0. The van der Waals surface area contributed by atoms with E-state index in [9.17, 15) is 4.79 Å². The summed E-state index contributed by atoms with van der Waals surface area (Å²) in [6.45, 7) is 9.46. The van der Waals surface area contributed by atoms with Crippen LogP contribution in [0.2, 0.25) is 0 Å². The number of para-hydroxylation sites is 1. The quantitative estimate of drug-likeness (QED) is 0.386. The Morgan fingerprint density at radius 1 is 0.941 bits per heavy atom. The van der Waals surface area contributed by atoms with E-state index in [1.54, 1.807) is 0 Å². The van der Waals surface area contributed by atoms with Crippen LogP contribution in [0.1, 0.15) is 43.3 Å². The summed E-state index contributed by atoms with van der Waals surface area (Å²) in [4.78, 5) is 16.1. The highest BCUT2D eigenvalue weighted by molar-refractivity contribution is 5.88. The summed E-state index contributed by atoms with van der Waals surface area (Å²) in [5.41, 5.74) is 4.61. The number of fused-ring (bicyclic) bond motifs is 1. The van der Waals surface area contributed by atoms with E-state index in [4.69, 9.17) is 0 Å². The number of rotatable bonds is 7. The largest absolute Gasteiger partial charge is 0.303 e. The third-order valence-electron chi connectivity index (χ3n) is 6.45. The van der Waals surface area contributed by atoms with E-state index in [0.717, 1.165) is 66.1 Å². The van der Waals surface area contributed by atoms with Gasteiger partial charge in [-0.15, -0.1) is 0 Å². The van der Waals surface area contributed by atoms with Gasteiger partial charge in [0.2, 0.25) is 0 Å². The van der Waals surface area contributed by atoms with Crippen LogP contribution in [-0.2, 0) is 19.9 Å². The van der Waals surface area contributed by atoms with Crippen LogP contribution in [-0.4, -0.2) is 38.9 Å². The molecule has 0 amide bonds. The van der Waals surface area contributed by atoms with Crippen molar-refractivity contribution in [3.05, 3.63) is 93.7 Å². The molecule has 0 saturated heterocycles. The zero-order chi connectivity index (χ0) is 24.1. The first-order valence-corrected chi connectivity index (χ1v) is 12.1. The SMILES string of the molecule is CCc1cc2cccc(C#Cc3cnn(C)c3CCN(CC)CC)c2c(=O)n1-c1ccccc1. The lowest BCUT2D eigenvalue weighted by Crippen LogP contribution is -2.26. The van der Waals surface area contributed by atoms with Crippen molar-refractivity contribution in [2.24, 2.45) is 7.05 Å². The van der Waals surface area contributed by atoms with Gasteiger partial charge >= 0.3 is 0 Å². The average Bonchev–Trinajstić information content (AvgIpc) is 3.22. The molecule has 0 bridgehead atoms. The molecule has 0 N–H and O–H groups in total. The van der Waals surface area contributed by atoms with Crippen molar-refractivity contribution in [3.63, 3.8) is 0 Å². The number of likely N-dealkylation sites (N-methyl/N-ethyl adjacent to an activating group) is 1. The van der Waals surface area contributed by atoms with Crippen LogP contribution in [0, 0.1) is 11.8 Å². The number of hydrogen-bond acceptors (Lipinski definition) is 3. The van der Waals surface area contributed by atoms with Crippen LogP contribution in [0.5, 0.6) is 0 Å². The number of aromatic nitrogens is 3. The van der Waals surface area contributed by atoms with E-state index < -0.39 is 0 Å². The monoisotopic (exact) mass is 452 g/mol. The molecule has 4 rings (SSSR count). The number of pyridine rings is 1. The lowest BCUT2D eigenvalue weighted by molar-refractivity contribution is 0.305. The van der Waals surface area contributed by atoms with Gasteiger partial charge in [-0.1, -0.05) is 62.9 Å². The van der Waals surface area contributed by atoms with Crippen molar-refractivity contribution in [3.8, 4) is 17.5 Å². The summed E-state index contributed by atoms with van der Waals surface area (Å²) in [5, 5.41) is 6.03. The Bertz CT molecular complexity index is 1400. The third kappa shape index (κ3) is 4.69. The molecule has 2 heterocycles. The molecular formula is C29H32N4O. The molecule has 0 aliphatic rings. The second kappa shape index (κ2) is 10.5. The van der Waals surface area contributed by atoms with E-state index in [1.165, 1.54) is 0 Å². The summed E-state index contributed by atoms with van der Waals surface area (Å²) in [5.74, 6) is 6.62. The summed E-state index contributed by atoms with van der Waals surface area (Å²) in [7, 11) is 1.96. The Balaban J connectivity index is 1.80. The van der Waals surface area contributed by atoms with Crippen molar-refractivity contribution in [1.29, 1.82) is 0 Å². The van der Waals surface area contributed by atoms with Crippen LogP contribution in [0.3, 0.4) is 0 Å². The maximum atomic E-state index is 13.7. The van der Waals surface area contributed by atoms with Crippen molar-refractivity contribution in [2.45, 2.75) is 33.6 Å². The summed E-state index contributed by atoms with van der Waals surface area (Å²) < 4.78 is 3.72. The number of benzene rings is 2. The zero-order valence-corrected chi connectivity index (χ0v) is 20.5. The Morgan fingerprint density at radius 3 is 2.38 bits per heavy atom. The van der Waals surface area contributed by atoms with Crippen molar-refractivity contribution in [2.75, 3.05) is 19.6 Å². The van der Waals surface area contributed by atoms with Crippen LogP contribution >= 0.6 is 0 Å². The van der Waals surface area contributed by atoms with E-state index in [0.29, 0.717) is 5.39 Å². The fourth-order valence-corrected chi connectivity index (χ4v) is 4.44. The lowest BCUT2D eigenvalue weighted by Gasteiger charge is -2.17. The van der Waals surface area contributed by atoms with Gasteiger partial charge < -0.3 is 4.90 Å². The second-order valence-corrected chi connectivity index (χ2v) is 8.39. The van der Waals surface area contributed by atoms with Crippen molar-refractivity contribution >= 4 is 10.8 Å². The van der Waals surface area contributed by atoms with Gasteiger partial charge in [-0.05, 0) is 49.2 Å². The maximum absolute atomic E-state index is 13.7. The average molecular weight is 453 g/mol. The zero-order valence-electron chi connectivity index (χ0n) is 20.5. The molecule has 0 atom stereocenters.